The van der Waals surface area contributed by atoms with Crippen LogP contribution >= 0.6 is 0 Å². The molecule has 3 heterocycles. The van der Waals surface area contributed by atoms with E-state index in [0.29, 0.717) is 22.7 Å². The van der Waals surface area contributed by atoms with Crippen molar-refractivity contribution in [2.24, 2.45) is 5.10 Å². The van der Waals surface area contributed by atoms with Crippen LogP contribution in [0.1, 0.15) is 23.0 Å². The fraction of sp³-hybridized carbons (Fsp3) is 0.105. The number of nitrogens with zero attached hydrogens (tertiary/aromatic N) is 7. The van der Waals surface area contributed by atoms with Gasteiger partial charge in [0, 0.05) is 23.5 Å². The topological polar surface area (TPSA) is 159 Å². The van der Waals surface area contributed by atoms with Crippen LogP contribution in [-0.4, -0.2) is 49.0 Å². The van der Waals surface area contributed by atoms with Crippen LogP contribution in [0.5, 0.6) is 5.75 Å². The van der Waals surface area contributed by atoms with Gasteiger partial charge in [-0.15, -0.1) is 5.10 Å². The summed E-state index contributed by atoms with van der Waals surface area (Å²) < 4.78 is 11.2. The lowest BCUT2D eigenvalue weighted by atomic mass is 10.1. The smallest absolute Gasteiger partial charge is 0.294 e. The highest BCUT2D eigenvalue weighted by Crippen LogP contribution is 2.28. The number of nitrogens with one attached hydrogen (secondary N) is 1. The SMILES string of the molecule is COc1cccc(-c2c(C(=O)N/N=C(/C)c3cccnc3)nnn2-c2nonc2N)c1. The zero-order chi connectivity index (χ0) is 21.8. The third-order valence-electron chi connectivity index (χ3n) is 4.33. The Kier molecular flexibility index (Phi) is 5.34. The number of amides is 1. The third-order valence-corrected chi connectivity index (χ3v) is 4.33. The number of pyridine rings is 1. The van der Waals surface area contributed by atoms with Crippen LogP contribution in [0.25, 0.3) is 17.1 Å². The van der Waals surface area contributed by atoms with Crippen molar-refractivity contribution in [3.63, 3.8) is 0 Å². The van der Waals surface area contributed by atoms with Crippen molar-refractivity contribution < 1.29 is 14.2 Å². The number of carbonyl (C=O) groups is 1. The van der Waals surface area contributed by atoms with Crippen LogP contribution in [0.2, 0.25) is 0 Å². The average molecular weight is 419 g/mol. The maximum atomic E-state index is 12.9. The minimum atomic E-state index is -0.581. The van der Waals surface area contributed by atoms with E-state index in [-0.39, 0.29) is 17.3 Å². The zero-order valence-electron chi connectivity index (χ0n) is 16.6. The van der Waals surface area contributed by atoms with Crippen molar-refractivity contribution in [3.05, 3.63) is 60.0 Å². The molecule has 0 atom stereocenters. The number of nitrogen functional groups attached to an aromatic ring is 1. The number of anilines is 1. The fourth-order valence-electron chi connectivity index (χ4n) is 2.78. The van der Waals surface area contributed by atoms with Gasteiger partial charge >= 0.3 is 0 Å². The zero-order valence-corrected chi connectivity index (χ0v) is 16.6. The molecule has 1 aromatic carbocycles. The number of hydrogen-bond acceptors (Lipinski definition) is 10. The second-order valence-electron chi connectivity index (χ2n) is 6.28. The number of methoxy groups -OCH3 is 1. The molecular formula is C19H17N9O3. The monoisotopic (exact) mass is 419 g/mol. The van der Waals surface area contributed by atoms with Crippen LogP contribution in [-0.2, 0) is 0 Å². The summed E-state index contributed by atoms with van der Waals surface area (Å²) in [4.78, 5) is 17.0. The minimum Gasteiger partial charge on any atom is -0.497 e. The Hall–Kier alpha value is -4.61. The van der Waals surface area contributed by atoms with Crippen molar-refractivity contribution in [1.82, 2.24) is 35.7 Å². The molecule has 12 nitrogen and oxygen atoms in total. The summed E-state index contributed by atoms with van der Waals surface area (Å²) in [5.41, 5.74) is 10.5. The molecule has 4 aromatic rings. The van der Waals surface area contributed by atoms with Crippen LogP contribution in [0, 0.1) is 0 Å². The summed E-state index contributed by atoms with van der Waals surface area (Å²) in [5.74, 6) is 0.0847. The second-order valence-corrected chi connectivity index (χ2v) is 6.28. The van der Waals surface area contributed by atoms with Gasteiger partial charge in [0.2, 0.25) is 11.6 Å². The molecule has 0 saturated carbocycles. The van der Waals surface area contributed by atoms with E-state index in [4.69, 9.17) is 10.5 Å². The fourth-order valence-corrected chi connectivity index (χ4v) is 2.78. The quantitative estimate of drug-likeness (QED) is 0.348. The summed E-state index contributed by atoms with van der Waals surface area (Å²) in [6.45, 7) is 1.75. The summed E-state index contributed by atoms with van der Waals surface area (Å²) in [6, 6.07) is 10.6. The van der Waals surface area contributed by atoms with Gasteiger partial charge < -0.3 is 10.5 Å². The Labute approximate surface area is 175 Å². The van der Waals surface area contributed by atoms with Crippen molar-refractivity contribution in [2.45, 2.75) is 6.92 Å². The van der Waals surface area contributed by atoms with Gasteiger partial charge in [0.1, 0.15) is 11.4 Å². The highest BCUT2D eigenvalue weighted by molar-refractivity contribution is 6.02. The van der Waals surface area contributed by atoms with Gasteiger partial charge in [-0.25, -0.2) is 10.1 Å². The second kappa shape index (κ2) is 8.41. The highest BCUT2D eigenvalue weighted by Gasteiger charge is 2.25. The molecular weight excluding hydrogens is 402 g/mol. The van der Waals surface area contributed by atoms with Crippen LogP contribution < -0.4 is 15.9 Å². The Morgan fingerprint density at radius 1 is 1.26 bits per heavy atom. The lowest BCUT2D eigenvalue weighted by molar-refractivity contribution is 0.0950. The number of aromatic nitrogens is 6. The number of benzene rings is 1. The van der Waals surface area contributed by atoms with Gasteiger partial charge in [0.25, 0.3) is 5.91 Å². The molecule has 0 bridgehead atoms. The molecule has 3 aromatic heterocycles. The standard InChI is InChI=1S/C19H17N9O3/c1-11(13-6-4-8-21-10-13)22-24-19(29)15-16(12-5-3-7-14(9-12)30-2)28(27-23-15)18-17(20)25-31-26-18/h3-10H,1-2H3,(H2,20,25)(H,24,29)/b22-11-. The number of rotatable bonds is 6. The van der Waals surface area contributed by atoms with E-state index in [2.05, 4.69) is 40.8 Å². The van der Waals surface area contributed by atoms with Crippen molar-refractivity contribution in [2.75, 3.05) is 12.8 Å². The summed E-state index contributed by atoms with van der Waals surface area (Å²) >= 11 is 0. The maximum Gasteiger partial charge on any atom is 0.294 e. The number of hydrazone groups is 1. The molecule has 0 aliphatic rings. The van der Waals surface area contributed by atoms with E-state index in [1.807, 2.05) is 6.07 Å². The van der Waals surface area contributed by atoms with Crippen molar-refractivity contribution >= 4 is 17.4 Å². The van der Waals surface area contributed by atoms with Gasteiger partial charge in [-0.2, -0.15) is 9.78 Å². The molecule has 0 fully saturated rings. The van der Waals surface area contributed by atoms with E-state index in [0.717, 1.165) is 5.56 Å². The lowest BCUT2D eigenvalue weighted by Crippen LogP contribution is -2.21. The van der Waals surface area contributed by atoms with Crippen molar-refractivity contribution in [3.8, 4) is 22.8 Å². The van der Waals surface area contributed by atoms with E-state index in [1.165, 1.54) is 11.8 Å². The predicted octanol–water partition coefficient (Wildman–Crippen LogP) is 1.46. The Morgan fingerprint density at radius 2 is 2.13 bits per heavy atom. The summed E-state index contributed by atoms with van der Waals surface area (Å²) in [7, 11) is 1.54. The molecule has 156 valence electrons. The number of carbonyl (C=O) groups excluding carboxylic acids is 1. The molecule has 0 saturated heterocycles. The Bertz CT molecular complexity index is 1250. The predicted molar refractivity (Wildman–Crippen MR) is 110 cm³/mol. The molecule has 0 aliphatic carbocycles. The van der Waals surface area contributed by atoms with Crippen LogP contribution in [0.15, 0.2) is 58.5 Å². The van der Waals surface area contributed by atoms with E-state index in [1.54, 1.807) is 49.6 Å². The number of nitrogens with two attached hydrogens (primary N) is 1. The van der Waals surface area contributed by atoms with Gasteiger partial charge in [0.15, 0.2) is 5.69 Å². The van der Waals surface area contributed by atoms with E-state index in [9.17, 15) is 4.79 Å². The molecule has 1 amide bonds. The highest BCUT2D eigenvalue weighted by atomic mass is 16.6. The molecule has 4 rings (SSSR count). The minimum absolute atomic E-state index is 0.00149. The Morgan fingerprint density at radius 3 is 2.84 bits per heavy atom. The molecule has 0 unspecified atom stereocenters. The first-order chi connectivity index (χ1) is 15.1. The molecule has 12 heteroatoms. The largest absolute Gasteiger partial charge is 0.497 e. The van der Waals surface area contributed by atoms with E-state index >= 15 is 0 Å². The first-order valence-corrected chi connectivity index (χ1v) is 9.02. The van der Waals surface area contributed by atoms with Crippen molar-refractivity contribution in [1.29, 1.82) is 0 Å². The number of ether oxygens (including phenoxy) is 1. The normalized spacial score (nSPS) is 11.4. The van der Waals surface area contributed by atoms with Gasteiger partial charge in [-0.3, -0.25) is 9.78 Å². The first-order valence-electron chi connectivity index (χ1n) is 9.02. The number of hydrogen-bond donors (Lipinski definition) is 2. The average Bonchev–Trinajstić information content (AvgIpc) is 3.43. The van der Waals surface area contributed by atoms with Gasteiger partial charge in [-0.1, -0.05) is 23.4 Å². The Balaban J connectivity index is 1.74. The summed E-state index contributed by atoms with van der Waals surface area (Å²) in [5, 5.41) is 19.5. The molecule has 0 radical (unpaired) electrons. The van der Waals surface area contributed by atoms with E-state index < -0.39 is 5.91 Å². The maximum absolute atomic E-state index is 12.9. The molecule has 0 spiro atoms. The van der Waals surface area contributed by atoms with Crippen LogP contribution in [0.4, 0.5) is 5.82 Å². The summed E-state index contributed by atoms with van der Waals surface area (Å²) in [6.07, 6.45) is 3.29. The van der Waals surface area contributed by atoms with Gasteiger partial charge in [-0.05, 0) is 35.4 Å². The lowest BCUT2D eigenvalue weighted by Gasteiger charge is -2.08. The van der Waals surface area contributed by atoms with Gasteiger partial charge in [0.05, 0.1) is 12.8 Å². The van der Waals surface area contributed by atoms with Crippen LogP contribution in [0.3, 0.4) is 0 Å². The first kappa shape index (κ1) is 19.7. The molecule has 0 aliphatic heterocycles. The third kappa shape index (κ3) is 3.94. The molecule has 31 heavy (non-hydrogen) atoms. The molecule has 3 N–H and O–H groups in total.